The summed E-state index contributed by atoms with van der Waals surface area (Å²) in [6.45, 7) is 8.25. The number of rotatable bonds is 7. The van der Waals surface area contributed by atoms with E-state index in [9.17, 15) is 4.79 Å². The molecule has 1 aromatic carbocycles. The largest absolute Gasteiger partial charge is 0.340 e. The van der Waals surface area contributed by atoms with Gasteiger partial charge in [0.15, 0.2) is 0 Å². The maximum absolute atomic E-state index is 12.6. The highest BCUT2D eigenvalue weighted by Crippen LogP contribution is 2.19. The summed E-state index contributed by atoms with van der Waals surface area (Å²) in [4.78, 5) is 19.4. The molecule has 0 bridgehead atoms. The fourth-order valence-corrected chi connectivity index (χ4v) is 3.84. The number of carbonyl (C=O) groups is 1. The fourth-order valence-electron chi connectivity index (χ4n) is 3.61. The molecule has 0 aliphatic carbocycles. The van der Waals surface area contributed by atoms with E-state index in [1.54, 1.807) is 0 Å². The van der Waals surface area contributed by atoms with Crippen LogP contribution >= 0.6 is 11.6 Å². The van der Waals surface area contributed by atoms with Gasteiger partial charge in [0.1, 0.15) is 0 Å². The molecule has 1 aliphatic heterocycles. The Labute approximate surface area is 157 Å². The van der Waals surface area contributed by atoms with Crippen molar-refractivity contribution >= 4 is 17.5 Å². The van der Waals surface area contributed by atoms with Gasteiger partial charge < -0.3 is 9.80 Å². The predicted octanol–water partition coefficient (Wildman–Crippen LogP) is 3.15. The molecule has 1 heterocycles. The second-order valence-corrected chi connectivity index (χ2v) is 7.89. The number of piperazine rings is 1. The summed E-state index contributed by atoms with van der Waals surface area (Å²) in [7, 11) is 4.21. The highest BCUT2D eigenvalue weighted by molar-refractivity contribution is 6.31. The van der Waals surface area contributed by atoms with E-state index in [0.29, 0.717) is 18.5 Å². The average Bonchev–Trinajstić information content (AvgIpc) is 2.55. The zero-order chi connectivity index (χ0) is 18.4. The van der Waals surface area contributed by atoms with Crippen LogP contribution in [0.3, 0.4) is 0 Å². The molecular weight excluding hydrogens is 334 g/mol. The van der Waals surface area contributed by atoms with Crippen LogP contribution in [0.2, 0.25) is 5.02 Å². The minimum Gasteiger partial charge on any atom is -0.340 e. The Morgan fingerprint density at radius 1 is 1.20 bits per heavy atom. The van der Waals surface area contributed by atoms with Crippen LogP contribution in [0, 0.1) is 0 Å². The molecule has 2 atom stereocenters. The zero-order valence-corrected chi connectivity index (χ0v) is 16.8. The first-order valence-electron chi connectivity index (χ1n) is 9.30. The van der Waals surface area contributed by atoms with E-state index in [0.717, 1.165) is 49.6 Å². The molecule has 25 heavy (non-hydrogen) atoms. The Kier molecular flexibility index (Phi) is 7.73. The molecule has 0 radical (unpaired) electrons. The molecule has 140 valence electrons. The maximum atomic E-state index is 12.6. The molecule has 0 N–H and O–H groups in total. The van der Waals surface area contributed by atoms with E-state index in [1.165, 1.54) is 0 Å². The van der Waals surface area contributed by atoms with Crippen LogP contribution in [0.1, 0.15) is 32.3 Å². The van der Waals surface area contributed by atoms with Crippen LogP contribution in [-0.2, 0) is 11.2 Å². The summed E-state index contributed by atoms with van der Waals surface area (Å²) in [5.41, 5.74) is 1.13. The predicted molar refractivity (Wildman–Crippen MR) is 105 cm³/mol. The van der Waals surface area contributed by atoms with Gasteiger partial charge in [-0.05, 0) is 52.4 Å². The Hall–Kier alpha value is -1.10. The first-order chi connectivity index (χ1) is 11.9. The highest BCUT2D eigenvalue weighted by atomic mass is 35.5. The monoisotopic (exact) mass is 365 g/mol. The number of amides is 1. The topological polar surface area (TPSA) is 26.8 Å². The SMILES string of the molecule is CC1CN(C(=O)CCCc2ccccc2Cl)CC(C)N1CCN(C)C. The standard InChI is InChI=1S/C20H32ClN3O/c1-16-14-23(15-17(2)24(16)13-12-22(3)4)20(25)11-7-9-18-8-5-6-10-19(18)21/h5-6,8,10,16-17H,7,9,11-15H2,1-4H3. The minimum absolute atomic E-state index is 0.276. The first kappa shape index (κ1) is 20.2. The molecule has 0 spiro atoms. The molecule has 1 amide bonds. The third-order valence-corrected chi connectivity index (χ3v) is 5.42. The molecule has 0 saturated carbocycles. The molecule has 5 heteroatoms. The Morgan fingerprint density at radius 2 is 1.84 bits per heavy atom. The van der Waals surface area contributed by atoms with Crippen molar-refractivity contribution in [3.63, 3.8) is 0 Å². The normalized spacial score (nSPS) is 21.8. The Morgan fingerprint density at radius 3 is 2.44 bits per heavy atom. The van der Waals surface area contributed by atoms with Gasteiger partial charge in [0.2, 0.25) is 5.91 Å². The molecule has 1 fully saturated rings. The Balaban J connectivity index is 1.80. The second kappa shape index (κ2) is 9.56. The third kappa shape index (κ3) is 5.98. The number of halogens is 1. The molecule has 1 saturated heterocycles. The number of likely N-dealkylation sites (N-methyl/N-ethyl adjacent to an activating group) is 1. The average molecular weight is 366 g/mol. The van der Waals surface area contributed by atoms with Gasteiger partial charge in [-0.2, -0.15) is 0 Å². The summed E-state index contributed by atoms with van der Waals surface area (Å²) in [5.74, 6) is 0.276. The number of hydrogen-bond acceptors (Lipinski definition) is 3. The van der Waals surface area contributed by atoms with Crippen molar-refractivity contribution in [3.8, 4) is 0 Å². The lowest BCUT2D eigenvalue weighted by atomic mass is 10.1. The van der Waals surface area contributed by atoms with E-state index in [1.807, 2.05) is 29.2 Å². The van der Waals surface area contributed by atoms with Gasteiger partial charge in [0, 0.05) is 49.7 Å². The van der Waals surface area contributed by atoms with Gasteiger partial charge in [-0.1, -0.05) is 29.8 Å². The van der Waals surface area contributed by atoms with Crippen molar-refractivity contribution in [1.29, 1.82) is 0 Å². The smallest absolute Gasteiger partial charge is 0.222 e. The van der Waals surface area contributed by atoms with Gasteiger partial charge in [0.05, 0.1) is 0 Å². The summed E-state index contributed by atoms with van der Waals surface area (Å²) >= 11 is 6.19. The van der Waals surface area contributed by atoms with Crippen LogP contribution < -0.4 is 0 Å². The zero-order valence-electron chi connectivity index (χ0n) is 16.0. The van der Waals surface area contributed by atoms with Crippen LogP contribution in [0.25, 0.3) is 0 Å². The second-order valence-electron chi connectivity index (χ2n) is 7.48. The van der Waals surface area contributed by atoms with E-state index < -0.39 is 0 Å². The lowest BCUT2D eigenvalue weighted by molar-refractivity contribution is -0.135. The number of nitrogens with zero attached hydrogens (tertiary/aromatic N) is 3. The van der Waals surface area contributed by atoms with Crippen molar-refractivity contribution in [2.75, 3.05) is 40.3 Å². The lowest BCUT2D eigenvalue weighted by Crippen LogP contribution is -2.59. The van der Waals surface area contributed by atoms with Gasteiger partial charge in [-0.3, -0.25) is 9.69 Å². The van der Waals surface area contributed by atoms with Gasteiger partial charge in [-0.15, -0.1) is 0 Å². The summed E-state index contributed by atoms with van der Waals surface area (Å²) in [5, 5.41) is 0.798. The number of carbonyl (C=O) groups excluding carboxylic acids is 1. The number of aryl methyl sites for hydroxylation is 1. The van der Waals surface area contributed by atoms with Crippen molar-refractivity contribution in [1.82, 2.24) is 14.7 Å². The highest BCUT2D eigenvalue weighted by Gasteiger charge is 2.31. The third-order valence-electron chi connectivity index (χ3n) is 5.05. The number of hydrogen-bond donors (Lipinski definition) is 0. The summed E-state index contributed by atoms with van der Waals surface area (Å²) in [6, 6.07) is 8.72. The molecule has 1 aliphatic rings. The number of benzene rings is 1. The van der Waals surface area contributed by atoms with E-state index >= 15 is 0 Å². The van der Waals surface area contributed by atoms with Gasteiger partial charge in [-0.25, -0.2) is 0 Å². The van der Waals surface area contributed by atoms with Crippen molar-refractivity contribution in [3.05, 3.63) is 34.9 Å². The van der Waals surface area contributed by atoms with Crippen LogP contribution in [-0.4, -0.2) is 73.0 Å². The molecule has 1 aromatic rings. The lowest BCUT2D eigenvalue weighted by Gasteiger charge is -2.45. The van der Waals surface area contributed by atoms with E-state index in [-0.39, 0.29) is 5.91 Å². The van der Waals surface area contributed by atoms with Gasteiger partial charge in [0.25, 0.3) is 0 Å². The summed E-state index contributed by atoms with van der Waals surface area (Å²) < 4.78 is 0. The van der Waals surface area contributed by atoms with Crippen LogP contribution in [0.15, 0.2) is 24.3 Å². The van der Waals surface area contributed by atoms with Gasteiger partial charge >= 0.3 is 0 Å². The fraction of sp³-hybridized carbons (Fsp3) is 0.650. The Bertz CT molecular complexity index is 552. The van der Waals surface area contributed by atoms with Crippen molar-refractivity contribution in [2.24, 2.45) is 0 Å². The first-order valence-corrected chi connectivity index (χ1v) is 9.68. The maximum Gasteiger partial charge on any atom is 0.222 e. The van der Waals surface area contributed by atoms with Crippen LogP contribution in [0.5, 0.6) is 0 Å². The molecule has 0 aromatic heterocycles. The summed E-state index contributed by atoms with van der Waals surface area (Å²) in [6.07, 6.45) is 2.31. The molecular formula is C20H32ClN3O. The quantitative estimate of drug-likeness (QED) is 0.742. The van der Waals surface area contributed by atoms with E-state index in [2.05, 4.69) is 37.7 Å². The van der Waals surface area contributed by atoms with E-state index in [4.69, 9.17) is 11.6 Å². The molecule has 2 rings (SSSR count). The van der Waals surface area contributed by atoms with Crippen LogP contribution in [0.4, 0.5) is 0 Å². The molecule has 4 nitrogen and oxygen atoms in total. The molecule has 2 unspecified atom stereocenters. The van der Waals surface area contributed by atoms with Crippen molar-refractivity contribution in [2.45, 2.75) is 45.2 Å². The van der Waals surface area contributed by atoms with Crippen molar-refractivity contribution < 1.29 is 4.79 Å². The minimum atomic E-state index is 0.276.